The number of hydrogen-bond donors (Lipinski definition) is 2. The quantitative estimate of drug-likeness (QED) is 0.507. The molecule has 0 unspecified atom stereocenters. The number of hydrogen-bond acceptors (Lipinski definition) is 4. The van der Waals surface area contributed by atoms with Crippen molar-refractivity contribution in [1.82, 2.24) is 5.43 Å². The number of amides is 1. The van der Waals surface area contributed by atoms with Crippen molar-refractivity contribution in [3.8, 4) is 0 Å². The summed E-state index contributed by atoms with van der Waals surface area (Å²) in [5.74, 6) is -0.597. The fourth-order valence-electron chi connectivity index (χ4n) is 2.38. The van der Waals surface area contributed by atoms with E-state index in [1.54, 1.807) is 0 Å². The Morgan fingerprint density at radius 2 is 1.69 bits per heavy atom. The number of anilines is 1. The van der Waals surface area contributed by atoms with Crippen molar-refractivity contribution in [3.05, 3.63) is 59.7 Å². The van der Waals surface area contributed by atoms with E-state index >= 15 is 0 Å². The molecule has 0 bridgehead atoms. The maximum atomic E-state index is 12.8. The van der Waals surface area contributed by atoms with Crippen molar-refractivity contribution in [3.63, 3.8) is 0 Å². The third kappa shape index (κ3) is 6.05. The molecule has 0 saturated heterocycles. The number of alkyl halides is 3. The number of carbonyl (C=O) groups is 1. The Labute approximate surface area is 166 Å². The van der Waals surface area contributed by atoms with Crippen LogP contribution in [0.4, 0.5) is 18.9 Å². The van der Waals surface area contributed by atoms with Crippen LogP contribution in [0, 0.1) is 0 Å². The average Bonchev–Trinajstić information content (AvgIpc) is 2.68. The van der Waals surface area contributed by atoms with Gasteiger partial charge in [-0.05, 0) is 49.2 Å². The van der Waals surface area contributed by atoms with Gasteiger partial charge in [-0.3, -0.25) is 9.52 Å². The Bertz CT molecular complexity index is 1010. The molecule has 0 radical (unpaired) electrons. The minimum Gasteiger partial charge on any atom is -0.280 e. The Morgan fingerprint density at radius 1 is 1.03 bits per heavy atom. The molecule has 0 heterocycles. The molecular formula is C19H20F3N3O3S. The molecule has 0 saturated carbocycles. The van der Waals surface area contributed by atoms with Crippen molar-refractivity contribution >= 4 is 27.3 Å². The van der Waals surface area contributed by atoms with E-state index in [0.29, 0.717) is 18.9 Å². The number of benzene rings is 2. The van der Waals surface area contributed by atoms with E-state index in [2.05, 4.69) is 15.2 Å². The van der Waals surface area contributed by atoms with Crippen LogP contribution in [0.15, 0.2) is 58.5 Å². The SMILES string of the molecule is CCC(CC)=NNC(=O)c1cccc(S(=O)(=O)Nc2cccc(C(F)(F)F)c2)c1. The predicted molar refractivity (Wildman–Crippen MR) is 104 cm³/mol. The van der Waals surface area contributed by atoms with Crippen LogP contribution in [0.1, 0.15) is 42.6 Å². The number of sulfonamides is 1. The first-order valence-electron chi connectivity index (χ1n) is 8.72. The normalized spacial score (nSPS) is 11.6. The summed E-state index contributed by atoms with van der Waals surface area (Å²) >= 11 is 0. The second kappa shape index (κ2) is 9.08. The monoisotopic (exact) mass is 427 g/mol. The summed E-state index contributed by atoms with van der Waals surface area (Å²) in [7, 11) is -4.21. The van der Waals surface area contributed by atoms with Crippen molar-refractivity contribution in [1.29, 1.82) is 0 Å². The van der Waals surface area contributed by atoms with Crippen LogP contribution in [0.5, 0.6) is 0 Å². The van der Waals surface area contributed by atoms with E-state index in [4.69, 9.17) is 0 Å². The second-order valence-electron chi connectivity index (χ2n) is 6.04. The van der Waals surface area contributed by atoms with Gasteiger partial charge in [0.05, 0.1) is 10.5 Å². The van der Waals surface area contributed by atoms with Crippen molar-refractivity contribution in [2.24, 2.45) is 5.10 Å². The Balaban J connectivity index is 2.25. The molecule has 29 heavy (non-hydrogen) atoms. The molecule has 0 aromatic heterocycles. The molecule has 10 heteroatoms. The zero-order valence-corrected chi connectivity index (χ0v) is 16.6. The molecule has 1 amide bonds. The van der Waals surface area contributed by atoms with Gasteiger partial charge in [0.25, 0.3) is 15.9 Å². The van der Waals surface area contributed by atoms with E-state index in [1.807, 2.05) is 13.8 Å². The Kier molecular flexibility index (Phi) is 7.02. The summed E-state index contributed by atoms with van der Waals surface area (Å²) in [4.78, 5) is 11.9. The van der Waals surface area contributed by atoms with Crippen LogP contribution >= 0.6 is 0 Å². The van der Waals surface area contributed by atoms with Gasteiger partial charge in [0.1, 0.15) is 0 Å². The Hall–Kier alpha value is -2.88. The fourth-order valence-corrected chi connectivity index (χ4v) is 3.48. The lowest BCUT2D eigenvalue weighted by Crippen LogP contribution is -2.20. The largest absolute Gasteiger partial charge is 0.416 e. The van der Waals surface area contributed by atoms with E-state index in [9.17, 15) is 26.4 Å². The standard InChI is InChI=1S/C19H20F3N3O3S/c1-3-15(4-2)23-24-18(26)13-7-5-10-17(11-13)29(27,28)25-16-9-6-8-14(12-16)19(20,21)22/h5-12,25H,3-4H2,1-2H3,(H,24,26). The van der Waals surface area contributed by atoms with Gasteiger partial charge in [-0.2, -0.15) is 18.3 Å². The molecule has 6 nitrogen and oxygen atoms in total. The number of carbonyl (C=O) groups excluding carboxylic acids is 1. The van der Waals surface area contributed by atoms with Crippen LogP contribution in [-0.2, 0) is 16.2 Å². The molecule has 0 atom stereocenters. The van der Waals surface area contributed by atoms with Gasteiger partial charge < -0.3 is 0 Å². The molecule has 156 valence electrons. The molecular weight excluding hydrogens is 407 g/mol. The summed E-state index contributed by atoms with van der Waals surface area (Å²) < 4.78 is 65.6. The van der Waals surface area contributed by atoms with Crippen molar-refractivity contribution in [2.45, 2.75) is 37.8 Å². The highest BCUT2D eigenvalue weighted by atomic mass is 32.2. The van der Waals surface area contributed by atoms with Crippen LogP contribution < -0.4 is 10.1 Å². The minimum absolute atomic E-state index is 0.0484. The summed E-state index contributed by atoms with van der Waals surface area (Å²) in [5, 5.41) is 3.97. The highest BCUT2D eigenvalue weighted by Crippen LogP contribution is 2.31. The molecule has 2 rings (SSSR count). The fraction of sp³-hybridized carbons (Fsp3) is 0.263. The molecule has 2 aromatic carbocycles. The van der Waals surface area contributed by atoms with E-state index < -0.39 is 27.7 Å². The molecule has 0 aliphatic carbocycles. The minimum atomic E-state index is -4.60. The van der Waals surface area contributed by atoms with Crippen molar-refractivity contribution in [2.75, 3.05) is 4.72 Å². The maximum Gasteiger partial charge on any atom is 0.416 e. The van der Waals surface area contributed by atoms with Crippen molar-refractivity contribution < 1.29 is 26.4 Å². The molecule has 0 aliphatic rings. The van der Waals surface area contributed by atoms with Gasteiger partial charge in [-0.25, -0.2) is 13.8 Å². The van der Waals surface area contributed by atoms with Gasteiger partial charge in [0.2, 0.25) is 0 Å². The van der Waals surface area contributed by atoms with Gasteiger partial charge in [0.15, 0.2) is 0 Å². The zero-order valence-electron chi connectivity index (χ0n) is 15.7. The van der Waals surface area contributed by atoms with E-state index in [0.717, 1.165) is 23.9 Å². The molecule has 0 fully saturated rings. The highest BCUT2D eigenvalue weighted by Gasteiger charge is 2.30. The predicted octanol–water partition coefficient (Wildman–Crippen LogP) is 4.41. The topological polar surface area (TPSA) is 87.6 Å². The summed E-state index contributed by atoms with van der Waals surface area (Å²) in [6.07, 6.45) is -3.28. The Morgan fingerprint density at radius 3 is 2.31 bits per heavy atom. The molecule has 0 spiro atoms. The first-order valence-corrected chi connectivity index (χ1v) is 10.2. The number of nitrogens with zero attached hydrogens (tertiary/aromatic N) is 1. The number of nitrogens with one attached hydrogen (secondary N) is 2. The number of hydrazone groups is 1. The van der Waals surface area contributed by atoms with E-state index in [-0.39, 0.29) is 16.1 Å². The summed E-state index contributed by atoms with van der Waals surface area (Å²) in [6, 6.07) is 8.96. The summed E-state index contributed by atoms with van der Waals surface area (Å²) in [6.45, 7) is 3.78. The number of halogens is 3. The first kappa shape index (κ1) is 22.4. The van der Waals surface area contributed by atoms with Crippen LogP contribution in [-0.4, -0.2) is 20.0 Å². The lowest BCUT2D eigenvalue weighted by molar-refractivity contribution is -0.137. The molecule has 2 N–H and O–H groups in total. The third-order valence-electron chi connectivity index (χ3n) is 3.98. The van der Waals surface area contributed by atoms with Crippen LogP contribution in [0.3, 0.4) is 0 Å². The third-order valence-corrected chi connectivity index (χ3v) is 5.36. The first-order chi connectivity index (χ1) is 13.6. The van der Waals surface area contributed by atoms with Gasteiger partial charge in [-0.15, -0.1) is 0 Å². The molecule has 0 aliphatic heterocycles. The summed E-state index contributed by atoms with van der Waals surface area (Å²) in [5.41, 5.74) is 1.96. The lowest BCUT2D eigenvalue weighted by atomic mass is 10.2. The maximum absolute atomic E-state index is 12.8. The average molecular weight is 427 g/mol. The van der Waals surface area contributed by atoms with Gasteiger partial charge >= 0.3 is 6.18 Å². The highest BCUT2D eigenvalue weighted by molar-refractivity contribution is 7.92. The smallest absolute Gasteiger partial charge is 0.280 e. The van der Waals surface area contributed by atoms with Gasteiger partial charge in [-0.1, -0.05) is 26.0 Å². The van der Waals surface area contributed by atoms with Crippen LogP contribution in [0.2, 0.25) is 0 Å². The van der Waals surface area contributed by atoms with Gasteiger partial charge in [0, 0.05) is 17.0 Å². The lowest BCUT2D eigenvalue weighted by Gasteiger charge is -2.12. The zero-order chi connectivity index (χ0) is 21.7. The molecule has 2 aromatic rings. The van der Waals surface area contributed by atoms with Crippen LogP contribution in [0.25, 0.3) is 0 Å². The van der Waals surface area contributed by atoms with E-state index in [1.165, 1.54) is 24.3 Å². The second-order valence-corrected chi connectivity index (χ2v) is 7.72. The number of rotatable bonds is 7.